The van der Waals surface area contributed by atoms with Crippen LogP contribution in [0.5, 0.6) is 0 Å². The van der Waals surface area contributed by atoms with Crippen molar-refractivity contribution in [3.63, 3.8) is 0 Å². The normalized spacial score (nSPS) is 31.0. The standard InChI is InChI=1S/C9H15NO/c1-7-6-10(7)9(11)8-4-2-3-5-8/h7-8H,2-6H2,1H3. The topological polar surface area (TPSA) is 20.1 Å². The van der Waals surface area contributed by atoms with Gasteiger partial charge in [0, 0.05) is 18.5 Å². The molecule has 0 aromatic rings. The third-order valence-electron chi connectivity index (χ3n) is 2.85. The highest BCUT2D eigenvalue weighted by molar-refractivity contribution is 5.81. The molecule has 1 unspecified atom stereocenters. The summed E-state index contributed by atoms with van der Waals surface area (Å²) in [5.41, 5.74) is 0. The van der Waals surface area contributed by atoms with Crippen LogP contribution in [0.3, 0.4) is 0 Å². The molecule has 0 aromatic carbocycles. The number of rotatable bonds is 1. The minimum absolute atomic E-state index is 0.389. The molecule has 1 saturated carbocycles. The quantitative estimate of drug-likeness (QED) is 0.521. The van der Waals surface area contributed by atoms with Gasteiger partial charge in [-0.25, -0.2) is 0 Å². The molecule has 1 aliphatic carbocycles. The lowest BCUT2D eigenvalue weighted by molar-refractivity contribution is -0.130. The van der Waals surface area contributed by atoms with E-state index in [2.05, 4.69) is 6.92 Å². The lowest BCUT2D eigenvalue weighted by atomic mass is 10.1. The first kappa shape index (κ1) is 7.14. The minimum Gasteiger partial charge on any atom is -0.336 e. The average molecular weight is 153 g/mol. The number of nitrogens with zero attached hydrogens (tertiary/aromatic N) is 1. The van der Waals surface area contributed by atoms with Gasteiger partial charge >= 0.3 is 0 Å². The lowest BCUT2D eigenvalue weighted by Gasteiger charge is -2.08. The summed E-state index contributed by atoms with van der Waals surface area (Å²) in [7, 11) is 0. The van der Waals surface area contributed by atoms with E-state index in [1.807, 2.05) is 4.90 Å². The van der Waals surface area contributed by atoms with E-state index in [1.54, 1.807) is 0 Å². The fourth-order valence-corrected chi connectivity index (χ4v) is 1.95. The molecule has 0 radical (unpaired) electrons. The number of carbonyl (C=O) groups is 1. The molecule has 1 atom stereocenters. The third-order valence-corrected chi connectivity index (χ3v) is 2.85. The number of hydrogen-bond donors (Lipinski definition) is 0. The molecule has 2 aliphatic rings. The van der Waals surface area contributed by atoms with Gasteiger partial charge in [-0.2, -0.15) is 0 Å². The summed E-state index contributed by atoms with van der Waals surface area (Å²) in [6.45, 7) is 3.13. The van der Waals surface area contributed by atoms with Crippen LogP contribution in [-0.4, -0.2) is 23.4 Å². The van der Waals surface area contributed by atoms with Gasteiger partial charge in [-0.1, -0.05) is 12.8 Å². The molecule has 1 saturated heterocycles. The Balaban J connectivity index is 1.89. The van der Waals surface area contributed by atoms with Gasteiger partial charge in [0.2, 0.25) is 5.91 Å². The van der Waals surface area contributed by atoms with Gasteiger partial charge in [-0.3, -0.25) is 4.79 Å². The first-order valence-electron chi connectivity index (χ1n) is 4.59. The van der Waals surface area contributed by atoms with Crippen LogP contribution in [-0.2, 0) is 4.79 Å². The molecule has 0 spiro atoms. The average Bonchev–Trinajstić information content (AvgIpc) is 2.56. The fourth-order valence-electron chi connectivity index (χ4n) is 1.95. The van der Waals surface area contributed by atoms with E-state index in [9.17, 15) is 4.79 Å². The molecule has 2 rings (SSSR count). The van der Waals surface area contributed by atoms with E-state index < -0.39 is 0 Å². The highest BCUT2D eigenvalue weighted by atomic mass is 16.2. The van der Waals surface area contributed by atoms with Crippen LogP contribution in [0.4, 0.5) is 0 Å². The monoisotopic (exact) mass is 153 g/mol. The van der Waals surface area contributed by atoms with E-state index >= 15 is 0 Å². The minimum atomic E-state index is 0.389. The second kappa shape index (κ2) is 2.50. The SMILES string of the molecule is CC1CN1C(=O)C1CCCC1. The van der Waals surface area contributed by atoms with E-state index in [-0.39, 0.29) is 0 Å². The van der Waals surface area contributed by atoms with Gasteiger partial charge < -0.3 is 4.90 Å². The van der Waals surface area contributed by atoms with Gasteiger partial charge in [0.1, 0.15) is 0 Å². The van der Waals surface area contributed by atoms with Crippen molar-refractivity contribution in [2.75, 3.05) is 6.54 Å². The Labute approximate surface area is 67.6 Å². The second-order valence-electron chi connectivity index (χ2n) is 3.82. The molecule has 1 heterocycles. The van der Waals surface area contributed by atoms with Crippen LogP contribution >= 0.6 is 0 Å². The summed E-state index contributed by atoms with van der Waals surface area (Å²) >= 11 is 0. The highest BCUT2D eigenvalue weighted by Crippen LogP contribution is 2.30. The molecule has 1 amide bonds. The van der Waals surface area contributed by atoms with Gasteiger partial charge in [0.25, 0.3) is 0 Å². The Morgan fingerprint density at radius 2 is 1.91 bits per heavy atom. The van der Waals surface area contributed by atoms with Crippen LogP contribution in [0.25, 0.3) is 0 Å². The molecule has 11 heavy (non-hydrogen) atoms. The highest BCUT2D eigenvalue weighted by Gasteiger charge is 2.38. The van der Waals surface area contributed by atoms with Gasteiger partial charge in [0.15, 0.2) is 0 Å². The smallest absolute Gasteiger partial charge is 0.226 e. The van der Waals surface area contributed by atoms with Crippen LogP contribution in [0.15, 0.2) is 0 Å². The number of amides is 1. The Hall–Kier alpha value is -0.530. The third kappa shape index (κ3) is 1.26. The predicted molar refractivity (Wildman–Crippen MR) is 43.1 cm³/mol. The summed E-state index contributed by atoms with van der Waals surface area (Å²) in [6, 6.07) is 0.545. The molecule has 1 aliphatic heterocycles. The van der Waals surface area contributed by atoms with Crippen molar-refractivity contribution in [1.82, 2.24) is 4.90 Å². The van der Waals surface area contributed by atoms with E-state index in [4.69, 9.17) is 0 Å². The van der Waals surface area contributed by atoms with Crippen molar-refractivity contribution in [2.45, 2.75) is 38.6 Å². The van der Waals surface area contributed by atoms with Crippen LogP contribution < -0.4 is 0 Å². The van der Waals surface area contributed by atoms with Crippen molar-refractivity contribution < 1.29 is 4.79 Å². The zero-order valence-corrected chi connectivity index (χ0v) is 7.05. The zero-order chi connectivity index (χ0) is 7.84. The predicted octanol–water partition coefficient (Wildman–Crippen LogP) is 1.41. The Bertz CT molecular complexity index is 172. The molecular formula is C9H15NO. The van der Waals surface area contributed by atoms with E-state index in [1.165, 1.54) is 12.8 Å². The first-order valence-corrected chi connectivity index (χ1v) is 4.59. The van der Waals surface area contributed by atoms with E-state index in [0.717, 1.165) is 19.4 Å². The van der Waals surface area contributed by atoms with Crippen molar-refractivity contribution in [2.24, 2.45) is 5.92 Å². The maximum Gasteiger partial charge on any atom is 0.226 e. The molecular weight excluding hydrogens is 138 g/mol. The van der Waals surface area contributed by atoms with Crippen molar-refractivity contribution >= 4 is 5.91 Å². The van der Waals surface area contributed by atoms with Crippen molar-refractivity contribution in [1.29, 1.82) is 0 Å². The largest absolute Gasteiger partial charge is 0.336 e. The zero-order valence-electron chi connectivity index (χ0n) is 7.05. The number of hydrogen-bond acceptors (Lipinski definition) is 1. The molecule has 2 heteroatoms. The Morgan fingerprint density at radius 1 is 1.36 bits per heavy atom. The molecule has 2 nitrogen and oxygen atoms in total. The first-order chi connectivity index (χ1) is 5.29. The van der Waals surface area contributed by atoms with E-state index in [0.29, 0.717) is 17.9 Å². The molecule has 0 aromatic heterocycles. The summed E-state index contributed by atoms with van der Waals surface area (Å²) in [5.74, 6) is 0.815. The van der Waals surface area contributed by atoms with Crippen molar-refractivity contribution in [3.05, 3.63) is 0 Å². The van der Waals surface area contributed by atoms with Gasteiger partial charge in [-0.15, -0.1) is 0 Å². The summed E-state index contributed by atoms with van der Waals surface area (Å²) in [6.07, 6.45) is 4.81. The second-order valence-corrected chi connectivity index (χ2v) is 3.82. The molecule has 2 fully saturated rings. The molecule has 0 bridgehead atoms. The summed E-state index contributed by atoms with van der Waals surface area (Å²) in [4.78, 5) is 13.5. The summed E-state index contributed by atoms with van der Waals surface area (Å²) in [5, 5.41) is 0. The van der Waals surface area contributed by atoms with Crippen molar-refractivity contribution in [3.8, 4) is 0 Å². The maximum absolute atomic E-state index is 11.5. The fraction of sp³-hybridized carbons (Fsp3) is 0.889. The van der Waals surface area contributed by atoms with Gasteiger partial charge in [-0.05, 0) is 19.8 Å². The maximum atomic E-state index is 11.5. The lowest BCUT2D eigenvalue weighted by Crippen LogP contribution is -2.20. The molecule has 0 N–H and O–H groups in total. The van der Waals surface area contributed by atoms with Crippen LogP contribution in [0.1, 0.15) is 32.6 Å². The number of carbonyl (C=O) groups excluding carboxylic acids is 1. The van der Waals surface area contributed by atoms with Gasteiger partial charge in [0.05, 0.1) is 0 Å². The van der Waals surface area contributed by atoms with Crippen LogP contribution in [0.2, 0.25) is 0 Å². The summed E-state index contributed by atoms with van der Waals surface area (Å²) < 4.78 is 0. The van der Waals surface area contributed by atoms with Crippen LogP contribution in [0, 0.1) is 5.92 Å². The Kier molecular flexibility index (Phi) is 1.63. The Morgan fingerprint density at radius 3 is 2.36 bits per heavy atom. The molecule has 62 valence electrons.